The Bertz CT molecular complexity index is 1350. The van der Waals surface area contributed by atoms with E-state index in [0.717, 1.165) is 15.4 Å². The van der Waals surface area contributed by atoms with E-state index in [9.17, 15) is 18.0 Å². The van der Waals surface area contributed by atoms with E-state index in [1.165, 1.54) is 17.0 Å². The molecule has 0 heterocycles. The molecule has 37 heavy (non-hydrogen) atoms. The Kier molecular flexibility index (Phi) is 9.34. The molecule has 0 aliphatic carbocycles. The van der Waals surface area contributed by atoms with Crippen molar-refractivity contribution < 1.29 is 18.0 Å². The summed E-state index contributed by atoms with van der Waals surface area (Å²) in [5.41, 5.74) is 2.85. The van der Waals surface area contributed by atoms with Crippen LogP contribution < -0.4 is 9.62 Å². The van der Waals surface area contributed by atoms with Crippen molar-refractivity contribution in [1.29, 1.82) is 0 Å². The van der Waals surface area contributed by atoms with E-state index in [4.69, 9.17) is 11.6 Å². The smallest absolute Gasteiger partial charge is 0.264 e. The van der Waals surface area contributed by atoms with E-state index in [0.29, 0.717) is 22.8 Å². The summed E-state index contributed by atoms with van der Waals surface area (Å²) in [6.07, 6.45) is 0. The van der Waals surface area contributed by atoms with Crippen LogP contribution in [-0.4, -0.2) is 44.3 Å². The molecule has 1 unspecified atom stereocenters. The lowest BCUT2D eigenvalue weighted by molar-refractivity contribution is -0.139. The highest BCUT2D eigenvalue weighted by atomic mass is 35.5. The zero-order valence-corrected chi connectivity index (χ0v) is 23.0. The lowest BCUT2D eigenvalue weighted by Crippen LogP contribution is -2.51. The summed E-state index contributed by atoms with van der Waals surface area (Å²) in [6.45, 7) is 7.20. The van der Waals surface area contributed by atoms with E-state index in [1.54, 1.807) is 62.4 Å². The Labute approximate surface area is 224 Å². The Balaban J connectivity index is 2.04. The van der Waals surface area contributed by atoms with Gasteiger partial charge in [-0.25, -0.2) is 8.42 Å². The topological polar surface area (TPSA) is 86.8 Å². The van der Waals surface area contributed by atoms with Crippen LogP contribution in [0.3, 0.4) is 0 Å². The van der Waals surface area contributed by atoms with Gasteiger partial charge in [-0.15, -0.1) is 0 Å². The number of anilines is 1. The number of amides is 2. The molecule has 0 saturated carbocycles. The molecule has 0 aliphatic heterocycles. The first kappa shape index (κ1) is 28.2. The Morgan fingerprint density at radius 1 is 0.973 bits per heavy atom. The number of likely N-dealkylation sites (N-methyl/N-ethyl adjacent to an activating group) is 1. The average Bonchev–Trinajstić information content (AvgIpc) is 2.87. The number of sulfonamides is 1. The molecule has 9 heteroatoms. The zero-order valence-electron chi connectivity index (χ0n) is 21.4. The van der Waals surface area contributed by atoms with Crippen LogP contribution in [0.25, 0.3) is 0 Å². The maximum atomic E-state index is 13.8. The minimum Gasteiger partial charge on any atom is -0.355 e. The molecule has 3 rings (SSSR count). The molecular weight excluding hydrogens is 510 g/mol. The number of carbonyl (C=O) groups is 2. The molecule has 3 aromatic carbocycles. The van der Waals surface area contributed by atoms with E-state index in [1.807, 2.05) is 26.0 Å². The van der Waals surface area contributed by atoms with Gasteiger partial charge in [0.2, 0.25) is 11.8 Å². The predicted octanol–water partition coefficient (Wildman–Crippen LogP) is 4.71. The fourth-order valence-corrected chi connectivity index (χ4v) is 5.64. The molecule has 196 valence electrons. The summed E-state index contributed by atoms with van der Waals surface area (Å²) >= 11 is 6.02. The average molecular weight is 542 g/mol. The van der Waals surface area contributed by atoms with E-state index in [-0.39, 0.29) is 17.3 Å². The standard InChI is InChI=1S/C28H32ClN3O4S/c1-5-30-28(34)22(4)31(18-23-12-14-24(29)15-13-23)27(33)19-32(26-16-11-20(2)17-21(26)3)37(35,36)25-9-7-6-8-10-25/h6-17,22H,5,18-19H2,1-4H3,(H,30,34). The van der Waals surface area contributed by atoms with Crippen molar-refractivity contribution >= 4 is 39.1 Å². The molecule has 3 aromatic rings. The van der Waals surface area contributed by atoms with Crippen LogP contribution in [0.4, 0.5) is 5.69 Å². The maximum Gasteiger partial charge on any atom is 0.264 e. The molecule has 7 nitrogen and oxygen atoms in total. The van der Waals surface area contributed by atoms with Gasteiger partial charge in [0.1, 0.15) is 12.6 Å². The minimum atomic E-state index is -4.08. The van der Waals surface area contributed by atoms with Crippen LogP contribution in [0, 0.1) is 13.8 Å². The highest BCUT2D eigenvalue weighted by Crippen LogP contribution is 2.28. The number of nitrogens with zero attached hydrogens (tertiary/aromatic N) is 2. The van der Waals surface area contributed by atoms with E-state index >= 15 is 0 Å². The number of hydrogen-bond donors (Lipinski definition) is 1. The Morgan fingerprint density at radius 3 is 2.22 bits per heavy atom. The monoisotopic (exact) mass is 541 g/mol. The zero-order chi connectivity index (χ0) is 27.2. The summed E-state index contributed by atoms with van der Waals surface area (Å²) in [4.78, 5) is 28.0. The third kappa shape index (κ3) is 6.90. The number of rotatable bonds is 10. The maximum absolute atomic E-state index is 13.8. The van der Waals surface area contributed by atoms with Crippen molar-refractivity contribution in [2.45, 2.75) is 45.2 Å². The van der Waals surface area contributed by atoms with Crippen LogP contribution in [-0.2, 0) is 26.2 Å². The summed E-state index contributed by atoms with van der Waals surface area (Å²) in [5.74, 6) is -0.831. The number of nitrogens with one attached hydrogen (secondary N) is 1. The number of halogens is 1. The van der Waals surface area contributed by atoms with E-state index < -0.39 is 28.5 Å². The van der Waals surface area contributed by atoms with Gasteiger partial charge < -0.3 is 10.2 Å². The Hall–Kier alpha value is -3.36. The molecular formula is C28H32ClN3O4S. The number of hydrogen-bond acceptors (Lipinski definition) is 4. The first-order valence-electron chi connectivity index (χ1n) is 12.0. The molecule has 0 aliphatic rings. The number of aryl methyl sites for hydroxylation is 2. The number of benzene rings is 3. The highest BCUT2D eigenvalue weighted by molar-refractivity contribution is 7.92. The molecule has 0 spiro atoms. The predicted molar refractivity (Wildman–Crippen MR) is 147 cm³/mol. The molecule has 0 radical (unpaired) electrons. The molecule has 1 atom stereocenters. The van der Waals surface area contributed by atoms with Gasteiger partial charge in [-0.1, -0.05) is 59.6 Å². The van der Waals surface area contributed by atoms with Crippen LogP contribution in [0.2, 0.25) is 5.02 Å². The summed E-state index contributed by atoms with van der Waals surface area (Å²) in [7, 11) is -4.08. The third-order valence-electron chi connectivity index (χ3n) is 6.02. The SMILES string of the molecule is CCNC(=O)C(C)N(Cc1ccc(Cl)cc1)C(=O)CN(c1ccc(C)cc1C)S(=O)(=O)c1ccccc1. The molecule has 0 saturated heterocycles. The van der Waals surface area contributed by atoms with Gasteiger partial charge in [0, 0.05) is 18.1 Å². The first-order chi connectivity index (χ1) is 17.5. The van der Waals surface area contributed by atoms with Gasteiger partial charge in [-0.2, -0.15) is 0 Å². The van der Waals surface area contributed by atoms with Gasteiger partial charge in [-0.05, 0) is 69.2 Å². The molecule has 0 fully saturated rings. The van der Waals surface area contributed by atoms with Gasteiger partial charge in [0.25, 0.3) is 10.0 Å². The molecule has 0 aromatic heterocycles. The molecule has 1 N–H and O–H groups in total. The minimum absolute atomic E-state index is 0.0730. The highest BCUT2D eigenvalue weighted by Gasteiger charge is 2.33. The summed E-state index contributed by atoms with van der Waals surface area (Å²) in [5, 5.41) is 3.30. The van der Waals surface area contributed by atoms with Gasteiger partial charge in [0.05, 0.1) is 10.6 Å². The van der Waals surface area contributed by atoms with Crippen LogP contribution in [0.1, 0.15) is 30.5 Å². The molecule has 2 amide bonds. The normalized spacial score (nSPS) is 12.0. The van der Waals surface area contributed by atoms with Crippen molar-refractivity contribution in [2.75, 3.05) is 17.4 Å². The van der Waals surface area contributed by atoms with Gasteiger partial charge in [0.15, 0.2) is 0 Å². The fourth-order valence-electron chi connectivity index (χ4n) is 4.01. The number of carbonyl (C=O) groups excluding carboxylic acids is 2. The van der Waals surface area contributed by atoms with Crippen LogP contribution >= 0.6 is 11.6 Å². The van der Waals surface area contributed by atoms with Crippen molar-refractivity contribution in [3.05, 3.63) is 94.5 Å². The van der Waals surface area contributed by atoms with Crippen molar-refractivity contribution in [3.63, 3.8) is 0 Å². The van der Waals surface area contributed by atoms with Gasteiger partial charge in [-0.3, -0.25) is 13.9 Å². The van der Waals surface area contributed by atoms with Crippen molar-refractivity contribution in [2.24, 2.45) is 0 Å². The quantitative estimate of drug-likeness (QED) is 0.403. The lowest BCUT2D eigenvalue weighted by Gasteiger charge is -2.32. The third-order valence-corrected chi connectivity index (χ3v) is 8.04. The van der Waals surface area contributed by atoms with Crippen molar-refractivity contribution in [3.8, 4) is 0 Å². The second-order valence-corrected chi connectivity index (χ2v) is 11.1. The fraction of sp³-hybridized carbons (Fsp3) is 0.286. The Morgan fingerprint density at radius 2 is 1.62 bits per heavy atom. The van der Waals surface area contributed by atoms with Crippen LogP contribution in [0.15, 0.2) is 77.7 Å². The van der Waals surface area contributed by atoms with Crippen molar-refractivity contribution in [1.82, 2.24) is 10.2 Å². The first-order valence-corrected chi connectivity index (χ1v) is 13.8. The van der Waals surface area contributed by atoms with Crippen LogP contribution in [0.5, 0.6) is 0 Å². The second kappa shape index (κ2) is 12.3. The summed E-state index contributed by atoms with van der Waals surface area (Å²) < 4.78 is 28.7. The second-order valence-electron chi connectivity index (χ2n) is 8.83. The lowest BCUT2D eigenvalue weighted by atomic mass is 10.1. The van der Waals surface area contributed by atoms with Gasteiger partial charge >= 0.3 is 0 Å². The largest absolute Gasteiger partial charge is 0.355 e. The van der Waals surface area contributed by atoms with E-state index in [2.05, 4.69) is 5.32 Å². The molecule has 0 bridgehead atoms. The summed E-state index contributed by atoms with van der Waals surface area (Å²) in [6, 6.07) is 19.5.